The Morgan fingerprint density at radius 2 is 2.26 bits per heavy atom. The molecule has 5 nitrogen and oxygen atoms in total. The average Bonchev–Trinajstić information content (AvgIpc) is 3.17. The molecule has 2 aliphatic heterocycles. The molecule has 2 atom stereocenters. The van der Waals surface area contributed by atoms with Crippen LogP contribution < -0.4 is 0 Å². The summed E-state index contributed by atoms with van der Waals surface area (Å²) in [6, 6.07) is 4.30. The van der Waals surface area contributed by atoms with Gasteiger partial charge < -0.3 is 14.0 Å². The molecular formula is C14H17N3O2. The van der Waals surface area contributed by atoms with E-state index in [0.29, 0.717) is 6.04 Å². The fourth-order valence-electron chi connectivity index (χ4n) is 3.04. The number of aromatic nitrogens is 3. The monoisotopic (exact) mass is 259 g/mol. The van der Waals surface area contributed by atoms with Crippen LogP contribution >= 0.6 is 0 Å². The maximum Gasteiger partial charge on any atom is 0.160 e. The number of rotatable bonds is 2. The molecule has 2 saturated heterocycles. The quantitative estimate of drug-likeness (QED) is 0.830. The number of fused-ring (bicyclic) bond motifs is 1. The van der Waals surface area contributed by atoms with Crippen molar-refractivity contribution in [3.8, 4) is 0 Å². The van der Waals surface area contributed by atoms with Crippen LogP contribution in [0.1, 0.15) is 37.2 Å². The third-order valence-corrected chi connectivity index (χ3v) is 3.96. The normalized spacial score (nSPS) is 27.4. The Morgan fingerprint density at radius 3 is 3.05 bits per heavy atom. The van der Waals surface area contributed by atoms with E-state index in [1.807, 2.05) is 18.3 Å². The minimum absolute atomic E-state index is 0.120. The lowest BCUT2D eigenvalue weighted by atomic mass is 10.2. The Kier molecular flexibility index (Phi) is 2.74. The van der Waals surface area contributed by atoms with Crippen LogP contribution in [0.5, 0.6) is 0 Å². The summed E-state index contributed by atoms with van der Waals surface area (Å²) in [5.41, 5.74) is 1.92. The van der Waals surface area contributed by atoms with Crippen LogP contribution in [0.25, 0.3) is 11.2 Å². The topological polar surface area (TPSA) is 49.2 Å². The minimum Gasteiger partial charge on any atom is -0.379 e. The van der Waals surface area contributed by atoms with E-state index in [2.05, 4.69) is 9.55 Å². The number of ether oxygens (including phenoxy) is 2. The lowest BCUT2D eigenvalue weighted by Crippen LogP contribution is -2.15. The number of hydrogen-bond acceptors (Lipinski definition) is 4. The average molecular weight is 259 g/mol. The molecule has 0 spiro atoms. The Hall–Kier alpha value is -1.46. The third-order valence-electron chi connectivity index (χ3n) is 3.96. The van der Waals surface area contributed by atoms with Crippen LogP contribution in [0.4, 0.5) is 0 Å². The molecule has 0 N–H and O–H groups in total. The van der Waals surface area contributed by atoms with E-state index >= 15 is 0 Å². The fourth-order valence-corrected chi connectivity index (χ4v) is 3.04. The van der Waals surface area contributed by atoms with Gasteiger partial charge in [0.1, 0.15) is 17.4 Å². The van der Waals surface area contributed by atoms with Gasteiger partial charge in [0.2, 0.25) is 0 Å². The van der Waals surface area contributed by atoms with E-state index in [-0.39, 0.29) is 6.10 Å². The van der Waals surface area contributed by atoms with Crippen molar-refractivity contribution in [2.45, 2.75) is 31.4 Å². The van der Waals surface area contributed by atoms with Gasteiger partial charge in [0.15, 0.2) is 5.65 Å². The highest BCUT2D eigenvalue weighted by Gasteiger charge is 2.29. The fraction of sp³-hybridized carbons (Fsp3) is 0.571. The van der Waals surface area contributed by atoms with Crippen molar-refractivity contribution in [2.75, 3.05) is 19.8 Å². The molecule has 0 amide bonds. The summed E-state index contributed by atoms with van der Waals surface area (Å²) in [5.74, 6) is 1.03. The van der Waals surface area contributed by atoms with E-state index in [9.17, 15) is 0 Å². The van der Waals surface area contributed by atoms with Crippen LogP contribution in [0.15, 0.2) is 18.3 Å². The van der Waals surface area contributed by atoms with E-state index in [0.717, 1.165) is 56.1 Å². The highest BCUT2D eigenvalue weighted by atomic mass is 16.5. The largest absolute Gasteiger partial charge is 0.379 e. The standard InChI is InChI=1S/C14H17N3O2/c1-3-11-13(15-6-1)17(10-5-8-18-9-10)14(16-11)12-4-2-7-19-12/h1,3,6,10,12H,2,4-5,7-9H2. The zero-order chi connectivity index (χ0) is 12.7. The van der Waals surface area contributed by atoms with E-state index in [4.69, 9.17) is 14.5 Å². The first kappa shape index (κ1) is 11.4. The highest BCUT2D eigenvalue weighted by molar-refractivity contribution is 5.71. The predicted octanol–water partition coefficient (Wildman–Crippen LogP) is 2.24. The van der Waals surface area contributed by atoms with Crippen molar-refractivity contribution in [1.29, 1.82) is 0 Å². The predicted molar refractivity (Wildman–Crippen MR) is 69.9 cm³/mol. The molecule has 2 unspecified atom stereocenters. The summed E-state index contributed by atoms with van der Waals surface area (Å²) in [7, 11) is 0. The van der Waals surface area contributed by atoms with Gasteiger partial charge in [-0.15, -0.1) is 0 Å². The van der Waals surface area contributed by atoms with Crippen molar-refractivity contribution in [1.82, 2.24) is 14.5 Å². The summed E-state index contributed by atoms with van der Waals surface area (Å²) >= 11 is 0. The minimum atomic E-state index is 0.120. The Balaban J connectivity index is 1.87. The van der Waals surface area contributed by atoms with Gasteiger partial charge in [-0.2, -0.15) is 0 Å². The number of pyridine rings is 1. The highest BCUT2D eigenvalue weighted by Crippen LogP contribution is 2.34. The SMILES string of the molecule is c1cnc2c(c1)nc(C1CCCO1)n2C1CCOC1. The van der Waals surface area contributed by atoms with Crippen molar-refractivity contribution in [3.63, 3.8) is 0 Å². The Bertz CT molecular complexity index is 583. The first-order chi connectivity index (χ1) is 9.43. The van der Waals surface area contributed by atoms with Gasteiger partial charge in [0.05, 0.1) is 12.6 Å². The molecule has 2 aliphatic rings. The van der Waals surface area contributed by atoms with E-state index in [1.165, 1.54) is 0 Å². The molecule has 0 radical (unpaired) electrons. The van der Waals surface area contributed by atoms with Gasteiger partial charge in [-0.25, -0.2) is 9.97 Å². The number of imidazole rings is 1. The van der Waals surface area contributed by atoms with Crippen LogP contribution in [-0.2, 0) is 9.47 Å². The smallest absolute Gasteiger partial charge is 0.160 e. The van der Waals surface area contributed by atoms with Crippen molar-refractivity contribution in [2.24, 2.45) is 0 Å². The summed E-state index contributed by atoms with van der Waals surface area (Å²) in [6.07, 6.45) is 5.14. The van der Waals surface area contributed by atoms with Crippen LogP contribution in [-0.4, -0.2) is 34.4 Å². The van der Waals surface area contributed by atoms with Gasteiger partial charge in [0, 0.05) is 19.4 Å². The van der Waals surface area contributed by atoms with Gasteiger partial charge in [-0.05, 0) is 31.4 Å². The summed E-state index contributed by atoms with van der Waals surface area (Å²) in [6.45, 7) is 2.41. The molecule has 0 saturated carbocycles. The van der Waals surface area contributed by atoms with Gasteiger partial charge in [-0.3, -0.25) is 0 Å². The second kappa shape index (κ2) is 4.58. The summed E-state index contributed by atoms with van der Waals surface area (Å²) in [4.78, 5) is 9.27. The molecular weight excluding hydrogens is 242 g/mol. The number of hydrogen-bond donors (Lipinski definition) is 0. The molecule has 2 aromatic heterocycles. The molecule has 100 valence electrons. The van der Waals surface area contributed by atoms with Gasteiger partial charge >= 0.3 is 0 Å². The van der Waals surface area contributed by atoms with E-state index < -0.39 is 0 Å². The molecule has 4 heterocycles. The first-order valence-corrected chi connectivity index (χ1v) is 6.95. The van der Waals surface area contributed by atoms with Crippen molar-refractivity contribution in [3.05, 3.63) is 24.2 Å². The Labute approximate surface area is 111 Å². The second-order valence-electron chi connectivity index (χ2n) is 5.21. The Morgan fingerprint density at radius 1 is 1.26 bits per heavy atom. The molecule has 19 heavy (non-hydrogen) atoms. The zero-order valence-electron chi connectivity index (χ0n) is 10.8. The maximum atomic E-state index is 5.82. The summed E-state index contributed by atoms with van der Waals surface area (Å²) < 4.78 is 13.6. The van der Waals surface area contributed by atoms with Crippen molar-refractivity contribution < 1.29 is 9.47 Å². The lowest BCUT2D eigenvalue weighted by Gasteiger charge is -2.17. The van der Waals surface area contributed by atoms with E-state index in [1.54, 1.807) is 0 Å². The lowest BCUT2D eigenvalue weighted by molar-refractivity contribution is 0.0999. The molecule has 0 bridgehead atoms. The molecule has 2 aromatic rings. The maximum absolute atomic E-state index is 5.82. The van der Waals surface area contributed by atoms with Gasteiger partial charge in [-0.1, -0.05) is 0 Å². The molecule has 0 aliphatic carbocycles. The summed E-state index contributed by atoms with van der Waals surface area (Å²) in [5, 5.41) is 0. The number of nitrogens with zero attached hydrogens (tertiary/aromatic N) is 3. The first-order valence-electron chi connectivity index (χ1n) is 6.95. The molecule has 0 aromatic carbocycles. The zero-order valence-corrected chi connectivity index (χ0v) is 10.8. The third kappa shape index (κ3) is 1.84. The molecule has 4 rings (SSSR count). The molecule has 2 fully saturated rings. The van der Waals surface area contributed by atoms with Gasteiger partial charge in [0.25, 0.3) is 0 Å². The van der Waals surface area contributed by atoms with Crippen LogP contribution in [0.3, 0.4) is 0 Å². The second-order valence-corrected chi connectivity index (χ2v) is 5.21. The molecule has 5 heteroatoms. The van der Waals surface area contributed by atoms with Crippen LogP contribution in [0, 0.1) is 0 Å². The van der Waals surface area contributed by atoms with Crippen LogP contribution in [0.2, 0.25) is 0 Å². The van der Waals surface area contributed by atoms with Crippen molar-refractivity contribution >= 4 is 11.2 Å².